The molecule has 3 aromatic carbocycles. The number of carbonyl (C=O) groups excluding carboxylic acids is 1. The van der Waals surface area contributed by atoms with E-state index in [-0.39, 0.29) is 6.42 Å². The molecule has 3 unspecified atom stereocenters. The average molecular weight is 543 g/mol. The van der Waals surface area contributed by atoms with Gasteiger partial charge in [0.05, 0.1) is 21.8 Å². The Morgan fingerprint density at radius 2 is 1.35 bits per heavy atom. The number of hydrogen-bond donors (Lipinski definition) is 0. The van der Waals surface area contributed by atoms with E-state index < -0.39 is 57.5 Å². The van der Waals surface area contributed by atoms with Crippen LogP contribution in [0.5, 0.6) is 0 Å². The summed E-state index contributed by atoms with van der Waals surface area (Å²) < 4.78 is 120. The van der Waals surface area contributed by atoms with Gasteiger partial charge < -0.3 is 9.29 Å². The molecule has 0 saturated heterocycles. The Kier molecular flexibility index (Phi) is 5.65. The van der Waals surface area contributed by atoms with Crippen molar-refractivity contribution in [3.05, 3.63) is 82.9 Å². The first-order valence-electron chi connectivity index (χ1n) is 11.0. The molecule has 0 saturated carbocycles. The highest BCUT2D eigenvalue weighted by Gasteiger charge is 2.75. The van der Waals surface area contributed by atoms with Crippen molar-refractivity contribution in [3.63, 3.8) is 0 Å². The molecule has 6 rings (SSSR count). The van der Waals surface area contributed by atoms with Crippen molar-refractivity contribution in [1.29, 1.82) is 0 Å². The maximum absolute atomic E-state index is 13.8. The molecule has 196 valence electrons. The summed E-state index contributed by atoms with van der Waals surface area (Å²) in [7, 11) is -6.12. The fraction of sp³-hybridized carbons (Fsp3) is 0.320. The van der Waals surface area contributed by atoms with Crippen molar-refractivity contribution in [2.24, 2.45) is 5.92 Å². The summed E-state index contributed by atoms with van der Waals surface area (Å²) in [5, 5.41) is 1.63. The molecule has 37 heavy (non-hydrogen) atoms. The van der Waals surface area contributed by atoms with Gasteiger partial charge in [0.1, 0.15) is 0 Å². The molecule has 3 aliphatic carbocycles. The molecule has 0 aliphatic heterocycles. The highest BCUT2D eigenvalue weighted by Crippen LogP contribution is 2.57. The van der Waals surface area contributed by atoms with Crippen LogP contribution in [0.4, 0.5) is 26.3 Å². The second kappa shape index (κ2) is 8.19. The van der Waals surface area contributed by atoms with Crippen LogP contribution < -0.4 is 0 Å². The monoisotopic (exact) mass is 543 g/mol. The Morgan fingerprint density at radius 1 is 0.838 bits per heavy atom. The van der Waals surface area contributed by atoms with Gasteiger partial charge >= 0.3 is 23.9 Å². The van der Waals surface area contributed by atoms with E-state index in [1.165, 1.54) is 0 Å². The zero-order valence-electron chi connectivity index (χ0n) is 18.6. The van der Waals surface area contributed by atoms with E-state index in [1.54, 1.807) is 42.5 Å². The largest absolute Gasteiger partial charge is 0.748 e. The molecule has 2 bridgehead atoms. The molecular formula is C25H17F6O5S-. The van der Waals surface area contributed by atoms with E-state index in [0.717, 1.165) is 21.9 Å². The summed E-state index contributed by atoms with van der Waals surface area (Å²) >= 11 is 0. The van der Waals surface area contributed by atoms with Gasteiger partial charge in [-0.05, 0) is 39.4 Å². The Balaban J connectivity index is 1.63. The third kappa shape index (κ3) is 4.06. The van der Waals surface area contributed by atoms with E-state index in [1.807, 2.05) is 18.2 Å². The maximum Gasteiger partial charge on any atom is 0.438 e. The molecule has 0 heterocycles. The molecule has 3 aliphatic rings. The van der Waals surface area contributed by atoms with E-state index >= 15 is 0 Å². The Bertz CT molecular complexity index is 1500. The molecular weight excluding hydrogens is 526 g/mol. The number of alkyl halides is 6. The lowest BCUT2D eigenvalue weighted by Gasteiger charge is -2.46. The van der Waals surface area contributed by atoms with E-state index in [4.69, 9.17) is 0 Å². The maximum atomic E-state index is 13.8. The first kappa shape index (κ1) is 25.5. The minimum Gasteiger partial charge on any atom is -0.748 e. The zero-order chi connectivity index (χ0) is 27.0. The third-order valence-corrected chi connectivity index (χ3v) is 7.89. The van der Waals surface area contributed by atoms with Crippen LogP contribution in [0.3, 0.4) is 0 Å². The molecule has 0 spiro atoms. The van der Waals surface area contributed by atoms with Crippen molar-refractivity contribution in [1.82, 2.24) is 0 Å². The molecule has 3 atom stereocenters. The topological polar surface area (TPSA) is 83.5 Å². The van der Waals surface area contributed by atoms with Crippen LogP contribution in [0.15, 0.2) is 60.7 Å². The van der Waals surface area contributed by atoms with Crippen LogP contribution >= 0.6 is 0 Å². The number of carbonyl (C=O) groups is 1. The van der Waals surface area contributed by atoms with E-state index in [2.05, 4.69) is 4.74 Å². The smallest absolute Gasteiger partial charge is 0.438 e. The SMILES string of the molecule is O=C(OC(CS(=O)(=O)[O-])(C(F)(F)F)C(F)(F)F)C1CC2c3ccccc3C1c1cc3ccccc3cc12. The molecule has 5 nitrogen and oxygen atoms in total. The minimum absolute atomic E-state index is 0.151. The number of halogens is 6. The van der Waals surface area contributed by atoms with Crippen molar-refractivity contribution in [2.45, 2.75) is 36.2 Å². The Hall–Kier alpha value is -3.12. The lowest BCUT2D eigenvalue weighted by Crippen LogP contribution is -2.64. The first-order chi connectivity index (χ1) is 17.1. The Labute approximate surface area is 206 Å². The quantitative estimate of drug-likeness (QED) is 0.250. The summed E-state index contributed by atoms with van der Waals surface area (Å²) in [4.78, 5) is 13.1. The summed E-state index contributed by atoms with van der Waals surface area (Å²) in [6.07, 6.45) is -13.0. The number of ether oxygens (including phenoxy) is 1. The van der Waals surface area contributed by atoms with Crippen LogP contribution in [-0.4, -0.2) is 42.6 Å². The number of fused-ring (bicyclic) bond motifs is 2. The van der Waals surface area contributed by atoms with Gasteiger partial charge in [-0.1, -0.05) is 60.7 Å². The lowest BCUT2D eigenvalue weighted by molar-refractivity contribution is -0.362. The highest BCUT2D eigenvalue weighted by atomic mass is 32.2. The molecule has 0 aromatic heterocycles. The zero-order valence-corrected chi connectivity index (χ0v) is 19.5. The number of benzene rings is 3. The second-order valence-corrected chi connectivity index (χ2v) is 10.7. The summed E-state index contributed by atoms with van der Waals surface area (Å²) in [5.74, 6) is -7.82. The predicted octanol–water partition coefficient (Wildman–Crippen LogP) is 5.39. The van der Waals surface area contributed by atoms with Crippen molar-refractivity contribution < 1.29 is 48.8 Å². The van der Waals surface area contributed by atoms with Crippen LogP contribution in [-0.2, 0) is 19.6 Å². The van der Waals surface area contributed by atoms with Gasteiger partial charge in [0.2, 0.25) is 0 Å². The number of esters is 1. The minimum atomic E-state index is -6.42. The van der Waals surface area contributed by atoms with Crippen molar-refractivity contribution in [2.75, 3.05) is 5.75 Å². The Morgan fingerprint density at radius 3 is 1.89 bits per heavy atom. The third-order valence-electron chi connectivity index (χ3n) is 7.13. The van der Waals surface area contributed by atoms with Crippen LogP contribution in [0.25, 0.3) is 10.8 Å². The van der Waals surface area contributed by atoms with Crippen LogP contribution in [0.1, 0.15) is 40.5 Å². The summed E-state index contributed by atoms with van der Waals surface area (Å²) in [6, 6.07) is 17.7. The lowest BCUT2D eigenvalue weighted by atomic mass is 9.59. The summed E-state index contributed by atoms with van der Waals surface area (Å²) in [5.41, 5.74) is -2.79. The molecule has 0 radical (unpaired) electrons. The average Bonchev–Trinajstić information content (AvgIpc) is 2.80. The molecule has 0 amide bonds. The predicted molar refractivity (Wildman–Crippen MR) is 118 cm³/mol. The molecule has 3 aromatic rings. The molecule has 0 N–H and O–H groups in total. The van der Waals surface area contributed by atoms with Gasteiger partial charge in [-0.3, -0.25) is 4.79 Å². The van der Waals surface area contributed by atoms with Gasteiger partial charge in [-0.15, -0.1) is 0 Å². The first-order valence-corrected chi connectivity index (χ1v) is 12.6. The normalized spacial score (nSPS) is 21.4. The number of rotatable bonds is 4. The fourth-order valence-corrected chi connectivity index (χ4v) is 6.45. The van der Waals surface area contributed by atoms with Gasteiger partial charge in [0.15, 0.2) is 0 Å². The van der Waals surface area contributed by atoms with Gasteiger partial charge in [-0.25, -0.2) is 8.42 Å². The van der Waals surface area contributed by atoms with Gasteiger partial charge in [0.25, 0.3) is 0 Å². The fourth-order valence-electron chi connectivity index (χ4n) is 5.57. The van der Waals surface area contributed by atoms with E-state index in [9.17, 15) is 44.1 Å². The molecule has 0 fully saturated rings. The van der Waals surface area contributed by atoms with Gasteiger partial charge in [0, 0.05) is 11.8 Å². The van der Waals surface area contributed by atoms with Gasteiger partial charge in [-0.2, -0.15) is 26.3 Å². The van der Waals surface area contributed by atoms with Crippen molar-refractivity contribution in [3.8, 4) is 0 Å². The van der Waals surface area contributed by atoms with Crippen molar-refractivity contribution >= 4 is 26.9 Å². The highest BCUT2D eigenvalue weighted by molar-refractivity contribution is 7.85. The van der Waals surface area contributed by atoms with E-state index in [0.29, 0.717) is 11.1 Å². The summed E-state index contributed by atoms with van der Waals surface area (Å²) in [6.45, 7) is 0. The molecule has 12 heteroatoms. The van der Waals surface area contributed by atoms with Crippen LogP contribution in [0, 0.1) is 5.92 Å². The second-order valence-electron chi connectivity index (χ2n) is 9.28. The van der Waals surface area contributed by atoms with Crippen LogP contribution in [0.2, 0.25) is 0 Å². The number of hydrogen-bond acceptors (Lipinski definition) is 5. The standard InChI is InChI=1S/C25H18F6O5S/c26-24(27,28)23(25(29,30)31,12-37(33,34)35)36-22(32)20-11-18-15-7-3-4-8-16(15)21(20)19-10-14-6-2-1-5-13(14)9-17(18)19/h1-10,18,20-21H,11-12H2,(H,33,34,35)/p-1.